The van der Waals surface area contributed by atoms with Gasteiger partial charge in [-0.25, -0.2) is 9.79 Å². The van der Waals surface area contributed by atoms with E-state index in [2.05, 4.69) is 22.6 Å². The standard InChI is InChI=1S/C38H31Cl2IN2O7S/c1-5-49-37(45)32-33(23-9-7-6-8-10-23)42-38-43(34(32)24-12-14-28(46-2)29(19-24)47-3)36(44)31(51-38)18-22-16-27(41)35(30(17-22)48-4)50-20-21-11-13-25(39)26(40)15-21/h6-19,34H,5,20H2,1-4H3/b31-18-/t34-/m0/s1. The van der Waals surface area contributed by atoms with Crippen LogP contribution in [0.25, 0.3) is 11.8 Å². The van der Waals surface area contributed by atoms with E-state index in [4.69, 9.17) is 51.9 Å². The molecule has 1 atom stereocenters. The van der Waals surface area contributed by atoms with Crippen molar-refractivity contribution in [2.45, 2.75) is 19.6 Å². The number of halogens is 3. The number of esters is 1. The van der Waals surface area contributed by atoms with Gasteiger partial charge in [0.1, 0.15) is 6.61 Å². The second-order valence-electron chi connectivity index (χ2n) is 11.1. The number of rotatable bonds is 11. The Morgan fingerprint density at radius 2 is 1.67 bits per heavy atom. The predicted octanol–water partition coefficient (Wildman–Crippen LogP) is 7.45. The molecule has 1 aliphatic heterocycles. The topological polar surface area (TPSA) is 97.6 Å². The molecule has 4 aromatic carbocycles. The van der Waals surface area contributed by atoms with Crippen molar-refractivity contribution in [1.29, 1.82) is 0 Å². The van der Waals surface area contributed by atoms with E-state index < -0.39 is 12.0 Å². The molecule has 1 aliphatic rings. The molecule has 13 heteroatoms. The van der Waals surface area contributed by atoms with Gasteiger partial charge in [-0.1, -0.05) is 77.0 Å². The van der Waals surface area contributed by atoms with E-state index in [0.29, 0.717) is 64.8 Å². The first-order chi connectivity index (χ1) is 24.7. The van der Waals surface area contributed by atoms with Crippen LogP contribution in [0.2, 0.25) is 10.0 Å². The molecule has 6 rings (SSSR count). The summed E-state index contributed by atoms with van der Waals surface area (Å²) in [6.45, 7) is 2.12. The maximum absolute atomic E-state index is 14.4. The smallest absolute Gasteiger partial charge is 0.338 e. The summed E-state index contributed by atoms with van der Waals surface area (Å²) in [7, 11) is 4.63. The second kappa shape index (κ2) is 15.9. The molecule has 2 heterocycles. The number of carbonyl (C=O) groups is 1. The molecule has 0 unspecified atom stereocenters. The zero-order chi connectivity index (χ0) is 36.2. The minimum Gasteiger partial charge on any atom is -0.493 e. The number of benzene rings is 4. The van der Waals surface area contributed by atoms with Crippen LogP contribution in [0.3, 0.4) is 0 Å². The normalized spacial score (nSPS) is 14.1. The quantitative estimate of drug-likeness (QED) is 0.101. The summed E-state index contributed by atoms with van der Waals surface area (Å²) in [5, 5.41) is 0.903. The van der Waals surface area contributed by atoms with Crippen molar-refractivity contribution in [3.63, 3.8) is 0 Å². The van der Waals surface area contributed by atoms with Gasteiger partial charge in [0.25, 0.3) is 5.56 Å². The molecule has 9 nitrogen and oxygen atoms in total. The first-order valence-corrected chi connectivity index (χ1v) is 18.3. The Bertz CT molecular complexity index is 2340. The monoisotopic (exact) mass is 856 g/mol. The van der Waals surface area contributed by atoms with Crippen molar-refractivity contribution in [3.8, 4) is 23.0 Å². The van der Waals surface area contributed by atoms with Gasteiger partial charge in [-0.05, 0) is 88.7 Å². The van der Waals surface area contributed by atoms with Crippen LogP contribution in [0, 0.1) is 3.57 Å². The molecule has 0 saturated carbocycles. The van der Waals surface area contributed by atoms with Gasteiger partial charge in [0.2, 0.25) is 0 Å². The van der Waals surface area contributed by atoms with E-state index in [1.807, 2.05) is 42.5 Å². The van der Waals surface area contributed by atoms with Crippen LogP contribution in [-0.2, 0) is 16.1 Å². The first-order valence-electron chi connectivity index (χ1n) is 15.6. The largest absolute Gasteiger partial charge is 0.493 e. The molecule has 0 amide bonds. The van der Waals surface area contributed by atoms with Crippen molar-refractivity contribution in [2.75, 3.05) is 27.9 Å². The molecule has 0 bridgehead atoms. The molecule has 0 N–H and O–H groups in total. The highest BCUT2D eigenvalue weighted by Crippen LogP contribution is 2.39. The van der Waals surface area contributed by atoms with Crippen LogP contribution in [0.1, 0.15) is 35.2 Å². The van der Waals surface area contributed by atoms with Crippen molar-refractivity contribution in [1.82, 2.24) is 4.57 Å². The van der Waals surface area contributed by atoms with Crippen molar-refractivity contribution >= 4 is 74.9 Å². The van der Waals surface area contributed by atoms with Gasteiger partial charge in [-0.2, -0.15) is 0 Å². The van der Waals surface area contributed by atoms with Gasteiger partial charge in [0.05, 0.1) is 63.4 Å². The van der Waals surface area contributed by atoms with Gasteiger partial charge in [-0.15, -0.1) is 0 Å². The van der Waals surface area contributed by atoms with E-state index in [1.165, 1.54) is 23.0 Å². The van der Waals surface area contributed by atoms with Crippen LogP contribution in [0.5, 0.6) is 23.0 Å². The number of aromatic nitrogens is 1. The summed E-state index contributed by atoms with van der Waals surface area (Å²) in [5.74, 6) is 1.40. The van der Waals surface area contributed by atoms with E-state index in [0.717, 1.165) is 9.13 Å². The molecule has 0 saturated heterocycles. The van der Waals surface area contributed by atoms with Crippen molar-refractivity contribution < 1.29 is 28.5 Å². The summed E-state index contributed by atoms with van der Waals surface area (Å²) in [6.07, 6.45) is 1.78. The Morgan fingerprint density at radius 1 is 0.922 bits per heavy atom. The van der Waals surface area contributed by atoms with E-state index in [-0.39, 0.29) is 24.3 Å². The molecule has 262 valence electrons. The lowest BCUT2D eigenvalue weighted by Crippen LogP contribution is -2.40. The highest BCUT2D eigenvalue weighted by Gasteiger charge is 2.35. The highest BCUT2D eigenvalue weighted by molar-refractivity contribution is 14.1. The first kappa shape index (κ1) is 36.5. The number of methoxy groups -OCH3 is 3. The van der Waals surface area contributed by atoms with Crippen molar-refractivity contribution in [3.05, 3.63) is 140 Å². The van der Waals surface area contributed by atoms with E-state index >= 15 is 0 Å². The minimum absolute atomic E-state index is 0.140. The molecule has 1 aromatic heterocycles. The van der Waals surface area contributed by atoms with Crippen LogP contribution in [0.15, 0.2) is 94.2 Å². The Labute approximate surface area is 321 Å². The summed E-state index contributed by atoms with van der Waals surface area (Å²) in [4.78, 5) is 33.6. The fourth-order valence-corrected chi connectivity index (χ4v) is 7.78. The number of hydrogen-bond donors (Lipinski definition) is 0. The molecule has 0 radical (unpaired) electrons. The maximum atomic E-state index is 14.4. The number of fused-ring (bicyclic) bond motifs is 1. The summed E-state index contributed by atoms with van der Waals surface area (Å²) >= 11 is 15.7. The third-order valence-electron chi connectivity index (χ3n) is 8.01. The molecule has 0 spiro atoms. The molecule has 51 heavy (non-hydrogen) atoms. The number of carbonyl (C=O) groups excluding carboxylic acids is 1. The van der Waals surface area contributed by atoms with Crippen LogP contribution < -0.4 is 33.8 Å². The third kappa shape index (κ3) is 7.52. The van der Waals surface area contributed by atoms with Crippen LogP contribution in [-0.4, -0.2) is 38.5 Å². The molecule has 5 aromatic rings. The van der Waals surface area contributed by atoms with Crippen molar-refractivity contribution in [2.24, 2.45) is 4.99 Å². The lowest BCUT2D eigenvalue weighted by molar-refractivity contribution is -0.138. The fourth-order valence-electron chi connectivity index (χ4n) is 5.68. The zero-order valence-electron chi connectivity index (χ0n) is 27.9. The Hall–Kier alpha value is -4.30. The Morgan fingerprint density at radius 3 is 2.35 bits per heavy atom. The highest BCUT2D eigenvalue weighted by atomic mass is 127. The molecule has 0 aliphatic carbocycles. The summed E-state index contributed by atoms with van der Waals surface area (Å²) in [6, 6.07) is 22.8. The Balaban J connectivity index is 1.50. The summed E-state index contributed by atoms with van der Waals surface area (Å²) < 4.78 is 31.2. The zero-order valence-corrected chi connectivity index (χ0v) is 32.4. The molecular formula is C38H31Cl2IN2O7S. The van der Waals surface area contributed by atoms with Gasteiger partial charge < -0.3 is 23.7 Å². The second-order valence-corrected chi connectivity index (χ2v) is 14.1. The van der Waals surface area contributed by atoms with Gasteiger partial charge in [0, 0.05) is 5.56 Å². The lowest BCUT2D eigenvalue weighted by atomic mass is 9.93. The number of ether oxygens (including phenoxy) is 5. The molecule has 0 fully saturated rings. The van der Waals surface area contributed by atoms with Gasteiger partial charge in [-0.3, -0.25) is 9.36 Å². The Kier molecular flexibility index (Phi) is 11.4. The predicted molar refractivity (Wildman–Crippen MR) is 207 cm³/mol. The van der Waals surface area contributed by atoms with Gasteiger partial charge in [0.15, 0.2) is 27.8 Å². The maximum Gasteiger partial charge on any atom is 0.338 e. The van der Waals surface area contributed by atoms with E-state index in [9.17, 15) is 9.59 Å². The van der Waals surface area contributed by atoms with Crippen LogP contribution >= 0.6 is 57.1 Å². The summed E-state index contributed by atoms with van der Waals surface area (Å²) in [5.41, 5.74) is 3.19. The number of thiazole rings is 1. The minimum atomic E-state index is -0.885. The lowest BCUT2D eigenvalue weighted by Gasteiger charge is -2.26. The fraction of sp³-hybridized carbons (Fsp3) is 0.184. The third-order valence-corrected chi connectivity index (χ3v) is 10.5. The number of nitrogens with zero attached hydrogens (tertiary/aromatic N) is 2. The average molecular weight is 858 g/mol. The van der Waals surface area contributed by atoms with Gasteiger partial charge >= 0.3 is 5.97 Å². The van der Waals surface area contributed by atoms with E-state index in [1.54, 1.807) is 63.6 Å². The van der Waals surface area contributed by atoms with Crippen LogP contribution in [0.4, 0.5) is 0 Å². The SMILES string of the molecule is CCOC(=O)C1=C(c2ccccc2)N=c2s/c(=C\c3cc(I)c(OCc4ccc(Cl)c(Cl)c4)c(OC)c3)c(=O)n2[C@H]1c1ccc(OC)c(OC)c1. The molecular weight excluding hydrogens is 826 g/mol. The number of hydrogen-bond acceptors (Lipinski definition) is 9. The average Bonchev–Trinajstić information content (AvgIpc) is 3.45.